The van der Waals surface area contributed by atoms with Crippen LogP contribution < -0.4 is 11.1 Å². The Hall–Kier alpha value is -3.10. The van der Waals surface area contributed by atoms with E-state index in [1.165, 1.54) is 12.1 Å². The lowest BCUT2D eigenvalue weighted by Gasteiger charge is -2.19. The second-order valence-electron chi connectivity index (χ2n) is 6.12. The molecule has 2 aromatic rings. The topological polar surface area (TPSA) is 137 Å². The average Bonchev–Trinajstić information content (AvgIpc) is 2.74. The number of rotatable bonds is 4. The number of amides is 2. The van der Waals surface area contributed by atoms with Crippen molar-refractivity contribution in [2.24, 2.45) is 5.73 Å². The Labute approximate surface area is 137 Å². The van der Waals surface area contributed by atoms with Gasteiger partial charge < -0.3 is 15.6 Å². The van der Waals surface area contributed by atoms with Gasteiger partial charge in [0.25, 0.3) is 5.91 Å². The van der Waals surface area contributed by atoms with E-state index in [9.17, 15) is 14.4 Å². The summed E-state index contributed by atoms with van der Waals surface area (Å²) in [6, 6.07) is 4.58. The first-order chi connectivity index (χ1) is 11.1. The van der Waals surface area contributed by atoms with E-state index in [-0.39, 0.29) is 5.69 Å². The van der Waals surface area contributed by atoms with Crippen LogP contribution in [-0.2, 0) is 16.1 Å². The lowest BCUT2D eigenvalue weighted by molar-refractivity contribution is -0.137. The van der Waals surface area contributed by atoms with Gasteiger partial charge in [-0.2, -0.15) is 5.10 Å². The molecule has 0 aliphatic carbocycles. The minimum atomic E-state index is -1.12. The highest BCUT2D eigenvalue weighted by Crippen LogP contribution is 2.23. The van der Waals surface area contributed by atoms with Crippen LogP contribution in [0.2, 0.25) is 0 Å². The maximum absolute atomic E-state index is 11.8. The van der Waals surface area contributed by atoms with Gasteiger partial charge in [-0.25, -0.2) is 4.79 Å². The molecule has 0 fully saturated rings. The number of anilines is 1. The SMILES string of the molecule is CC(C)(C)OC(=O)Nc1ccc2c(C(N)=O)nn(CC(=O)O)c2c1. The molecule has 1 aromatic heterocycles. The maximum Gasteiger partial charge on any atom is 0.412 e. The van der Waals surface area contributed by atoms with Gasteiger partial charge in [-0.3, -0.25) is 19.6 Å². The minimum absolute atomic E-state index is 0.0323. The molecule has 1 heterocycles. The lowest BCUT2D eigenvalue weighted by atomic mass is 10.2. The highest BCUT2D eigenvalue weighted by molar-refractivity contribution is 6.05. The predicted octanol–water partition coefficient (Wildman–Crippen LogP) is 1.57. The monoisotopic (exact) mass is 334 g/mol. The molecular weight excluding hydrogens is 316 g/mol. The fourth-order valence-electron chi connectivity index (χ4n) is 2.10. The number of aliphatic carboxylic acids is 1. The number of fused-ring (bicyclic) bond motifs is 1. The summed E-state index contributed by atoms with van der Waals surface area (Å²) < 4.78 is 6.29. The number of nitrogens with zero attached hydrogens (tertiary/aromatic N) is 2. The zero-order chi connectivity index (χ0) is 18.1. The van der Waals surface area contributed by atoms with Gasteiger partial charge in [0.15, 0.2) is 5.69 Å². The van der Waals surface area contributed by atoms with E-state index in [1.54, 1.807) is 26.8 Å². The fourth-order valence-corrected chi connectivity index (χ4v) is 2.10. The number of ether oxygens (including phenoxy) is 1. The fraction of sp³-hybridized carbons (Fsp3) is 0.333. The van der Waals surface area contributed by atoms with E-state index in [2.05, 4.69) is 10.4 Å². The lowest BCUT2D eigenvalue weighted by Crippen LogP contribution is -2.27. The molecule has 128 valence electrons. The van der Waals surface area contributed by atoms with Crippen LogP contribution in [0.3, 0.4) is 0 Å². The molecule has 9 nitrogen and oxygen atoms in total. The molecule has 9 heteroatoms. The largest absolute Gasteiger partial charge is 0.480 e. The molecule has 0 saturated heterocycles. The van der Waals surface area contributed by atoms with E-state index < -0.39 is 30.1 Å². The first kappa shape index (κ1) is 17.3. The zero-order valence-electron chi connectivity index (χ0n) is 13.5. The van der Waals surface area contributed by atoms with Gasteiger partial charge in [-0.15, -0.1) is 0 Å². The molecule has 0 radical (unpaired) electrons. The van der Waals surface area contributed by atoms with Gasteiger partial charge in [-0.05, 0) is 39.0 Å². The van der Waals surface area contributed by atoms with Gasteiger partial charge in [0.1, 0.15) is 12.1 Å². The van der Waals surface area contributed by atoms with Gasteiger partial charge in [0.2, 0.25) is 0 Å². The quantitative estimate of drug-likeness (QED) is 0.776. The molecule has 0 aliphatic rings. The summed E-state index contributed by atoms with van der Waals surface area (Å²) in [6.45, 7) is 4.75. The average molecular weight is 334 g/mol. The van der Waals surface area contributed by atoms with Crippen molar-refractivity contribution in [1.29, 1.82) is 0 Å². The number of carboxylic acid groups (broad SMARTS) is 1. The normalized spacial score (nSPS) is 11.3. The van der Waals surface area contributed by atoms with Crippen LogP contribution in [0.15, 0.2) is 18.2 Å². The summed E-state index contributed by atoms with van der Waals surface area (Å²) in [5.41, 5.74) is 5.31. The van der Waals surface area contributed by atoms with E-state index in [4.69, 9.17) is 15.6 Å². The third-order valence-electron chi connectivity index (χ3n) is 2.92. The summed E-state index contributed by atoms with van der Waals surface area (Å²) >= 11 is 0. The van der Waals surface area contributed by atoms with Crippen LogP contribution in [0.25, 0.3) is 10.9 Å². The minimum Gasteiger partial charge on any atom is -0.480 e. The molecule has 0 spiro atoms. The Balaban J connectivity index is 2.40. The molecule has 1 aromatic carbocycles. The molecule has 24 heavy (non-hydrogen) atoms. The van der Waals surface area contributed by atoms with Gasteiger partial charge >= 0.3 is 12.1 Å². The summed E-state index contributed by atoms with van der Waals surface area (Å²) in [5, 5.41) is 15.8. The maximum atomic E-state index is 11.8. The molecule has 2 rings (SSSR count). The first-order valence-corrected chi connectivity index (χ1v) is 7.09. The van der Waals surface area contributed by atoms with Crippen molar-refractivity contribution in [2.75, 3.05) is 5.32 Å². The molecular formula is C15H18N4O5. The Morgan fingerprint density at radius 1 is 1.33 bits per heavy atom. The highest BCUT2D eigenvalue weighted by atomic mass is 16.6. The number of hydrogen-bond acceptors (Lipinski definition) is 5. The van der Waals surface area contributed by atoms with Crippen LogP contribution in [0, 0.1) is 0 Å². The van der Waals surface area contributed by atoms with E-state index in [0.29, 0.717) is 16.6 Å². The number of primary amides is 1. The number of aromatic nitrogens is 2. The summed E-state index contributed by atoms with van der Waals surface area (Å²) in [6.07, 6.45) is -0.652. The number of carbonyl (C=O) groups excluding carboxylic acids is 2. The number of benzene rings is 1. The Morgan fingerprint density at radius 2 is 2.00 bits per heavy atom. The number of carboxylic acids is 1. The van der Waals surface area contributed by atoms with Crippen LogP contribution in [0.4, 0.5) is 10.5 Å². The van der Waals surface area contributed by atoms with Crippen molar-refractivity contribution < 1.29 is 24.2 Å². The standard InChI is InChI=1S/C15H18N4O5/c1-15(2,3)24-14(23)17-8-4-5-9-10(6-8)19(7-11(20)21)18-12(9)13(16)22/h4-6H,7H2,1-3H3,(H2,16,22)(H,17,23)(H,20,21). The molecule has 0 aliphatic heterocycles. The Kier molecular flexibility index (Phi) is 4.45. The van der Waals surface area contributed by atoms with Crippen molar-refractivity contribution in [3.05, 3.63) is 23.9 Å². The van der Waals surface area contributed by atoms with E-state index >= 15 is 0 Å². The Morgan fingerprint density at radius 3 is 2.54 bits per heavy atom. The third-order valence-corrected chi connectivity index (χ3v) is 2.92. The predicted molar refractivity (Wildman–Crippen MR) is 85.7 cm³/mol. The van der Waals surface area contributed by atoms with Crippen molar-refractivity contribution in [3.8, 4) is 0 Å². The second kappa shape index (κ2) is 6.19. The van der Waals surface area contributed by atoms with E-state index in [1.807, 2.05) is 0 Å². The summed E-state index contributed by atoms with van der Waals surface area (Å²) in [5.74, 6) is -1.89. The van der Waals surface area contributed by atoms with E-state index in [0.717, 1.165) is 4.68 Å². The van der Waals surface area contributed by atoms with Crippen molar-refractivity contribution in [2.45, 2.75) is 32.9 Å². The Bertz CT molecular complexity index is 819. The molecule has 2 amide bonds. The van der Waals surface area contributed by atoms with Crippen molar-refractivity contribution >= 4 is 34.6 Å². The smallest absolute Gasteiger partial charge is 0.412 e. The number of nitrogens with one attached hydrogen (secondary N) is 1. The van der Waals surface area contributed by atoms with Crippen molar-refractivity contribution in [3.63, 3.8) is 0 Å². The third kappa shape index (κ3) is 4.00. The number of hydrogen-bond donors (Lipinski definition) is 3. The number of nitrogens with two attached hydrogens (primary N) is 1. The molecule has 4 N–H and O–H groups in total. The summed E-state index contributed by atoms with van der Waals surface area (Å²) in [4.78, 5) is 34.2. The molecule has 0 saturated carbocycles. The van der Waals surface area contributed by atoms with Crippen molar-refractivity contribution in [1.82, 2.24) is 9.78 Å². The van der Waals surface area contributed by atoms with Crippen LogP contribution in [-0.4, -0.2) is 38.5 Å². The van der Waals surface area contributed by atoms with Gasteiger partial charge in [-0.1, -0.05) is 0 Å². The van der Waals surface area contributed by atoms with Crippen LogP contribution in [0.1, 0.15) is 31.3 Å². The summed E-state index contributed by atoms with van der Waals surface area (Å²) in [7, 11) is 0. The zero-order valence-corrected chi connectivity index (χ0v) is 13.5. The molecule has 0 atom stereocenters. The van der Waals surface area contributed by atoms with Crippen LogP contribution in [0.5, 0.6) is 0 Å². The second-order valence-corrected chi connectivity index (χ2v) is 6.12. The first-order valence-electron chi connectivity index (χ1n) is 7.09. The number of carbonyl (C=O) groups is 3. The molecule has 0 unspecified atom stereocenters. The highest BCUT2D eigenvalue weighted by Gasteiger charge is 2.19. The van der Waals surface area contributed by atoms with Gasteiger partial charge in [0.05, 0.1) is 5.52 Å². The van der Waals surface area contributed by atoms with Crippen LogP contribution >= 0.6 is 0 Å². The molecule has 0 bridgehead atoms. The van der Waals surface area contributed by atoms with Gasteiger partial charge in [0, 0.05) is 11.1 Å².